The van der Waals surface area contributed by atoms with Crippen molar-refractivity contribution in [2.24, 2.45) is 4.99 Å². The van der Waals surface area contributed by atoms with Crippen LogP contribution in [0.3, 0.4) is 0 Å². The minimum atomic E-state index is -1.01. The molecule has 8 heteroatoms. The lowest BCUT2D eigenvalue weighted by Gasteiger charge is -2.10. The number of fused-ring (bicyclic) bond motifs is 2. The van der Waals surface area contributed by atoms with E-state index < -0.39 is 5.97 Å². The van der Waals surface area contributed by atoms with Crippen LogP contribution in [0.25, 0.3) is 20.8 Å². The van der Waals surface area contributed by atoms with Gasteiger partial charge < -0.3 is 10.8 Å². The summed E-state index contributed by atoms with van der Waals surface area (Å²) in [6, 6.07) is 5.93. The van der Waals surface area contributed by atoms with Crippen molar-refractivity contribution in [2.75, 3.05) is 12.3 Å². The second-order valence-electron chi connectivity index (χ2n) is 5.04. The smallest absolute Gasteiger partial charge is 0.355 e. The van der Waals surface area contributed by atoms with E-state index in [1.54, 1.807) is 11.3 Å². The van der Waals surface area contributed by atoms with Gasteiger partial charge in [0.2, 0.25) is 0 Å². The molecule has 3 aromatic rings. The predicted octanol–water partition coefficient (Wildman–Crippen LogP) is 3.80. The van der Waals surface area contributed by atoms with E-state index in [-0.39, 0.29) is 5.71 Å². The van der Waals surface area contributed by atoms with Crippen molar-refractivity contribution in [2.45, 2.75) is 6.42 Å². The molecule has 0 aliphatic carbocycles. The molecule has 0 bridgehead atoms. The van der Waals surface area contributed by atoms with Gasteiger partial charge in [-0.25, -0.2) is 9.78 Å². The van der Waals surface area contributed by atoms with Crippen molar-refractivity contribution in [3.05, 3.63) is 33.1 Å². The Morgan fingerprint density at radius 1 is 1.35 bits per heavy atom. The molecular weight excluding hydrogens is 398 g/mol. The zero-order valence-corrected chi connectivity index (χ0v) is 14.9. The number of thiazole rings is 1. The summed E-state index contributed by atoms with van der Waals surface area (Å²) in [5.74, 6) is -1.01. The van der Waals surface area contributed by atoms with Crippen molar-refractivity contribution >= 4 is 65.5 Å². The van der Waals surface area contributed by atoms with Gasteiger partial charge in [-0.15, -0.1) is 22.7 Å². The van der Waals surface area contributed by atoms with Crippen LogP contribution in [0.15, 0.2) is 27.7 Å². The average molecular weight is 408 g/mol. The van der Waals surface area contributed by atoms with Gasteiger partial charge in [0, 0.05) is 16.6 Å². The summed E-state index contributed by atoms with van der Waals surface area (Å²) in [7, 11) is 0. The Bertz CT molecular complexity index is 990. The lowest BCUT2D eigenvalue weighted by atomic mass is 10.0. The Morgan fingerprint density at radius 3 is 2.91 bits per heavy atom. The highest BCUT2D eigenvalue weighted by molar-refractivity contribution is 9.10. The van der Waals surface area contributed by atoms with Gasteiger partial charge in [-0.2, -0.15) is 0 Å². The highest BCUT2D eigenvalue weighted by Gasteiger charge is 2.28. The first-order valence-electron chi connectivity index (χ1n) is 6.81. The molecule has 2 aromatic heterocycles. The normalized spacial score (nSPS) is 13.9. The molecule has 0 unspecified atom stereocenters. The molecule has 0 saturated heterocycles. The Morgan fingerprint density at radius 2 is 2.17 bits per heavy atom. The van der Waals surface area contributed by atoms with Crippen molar-refractivity contribution in [1.82, 2.24) is 4.98 Å². The number of halogens is 1. The molecule has 116 valence electrons. The molecule has 23 heavy (non-hydrogen) atoms. The Labute approximate surface area is 147 Å². The Hall–Kier alpha value is -1.77. The van der Waals surface area contributed by atoms with E-state index in [4.69, 9.17) is 10.7 Å². The molecule has 1 aliphatic rings. The van der Waals surface area contributed by atoms with Crippen LogP contribution in [-0.2, 0) is 11.2 Å². The second-order valence-corrected chi connectivity index (χ2v) is 7.98. The van der Waals surface area contributed by atoms with Gasteiger partial charge in [-0.1, -0.05) is 6.07 Å². The molecular formula is C15H10BrN3O2S2. The van der Waals surface area contributed by atoms with Crippen LogP contribution in [0.4, 0.5) is 5.00 Å². The number of para-hydroxylation sites is 1. The van der Waals surface area contributed by atoms with Gasteiger partial charge in [0.25, 0.3) is 0 Å². The zero-order valence-electron chi connectivity index (χ0n) is 11.7. The summed E-state index contributed by atoms with van der Waals surface area (Å²) in [6.45, 7) is 0.465. The summed E-state index contributed by atoms with van der Waals surface area (Å²) >= 11 is 6.36. The predicted molar refractivity (Wildman–Crippen MR) is 97.8 cm³/mol. The Balaban J connectivity index is 1.94. The van der Waals surface area contributed by atoms with Gasteiger partial charge in [0.05, 0.1) is 20.1 Å². The number of thiophene rings is 1. The van der Waals surface area contributed by atoms with Crippen molar-refractivity contribution < 1.29 is 9.90 Å². The number of aliphatic carboxylic acids is 1. The number of anilines is 1. The first-order valence-corrected chi connectivity index (χ1v) is 9.23. The third kappa shape index (κ3) is 2.29. The van der Waals surface area contributed by atoms with E-state index >= 15 is 0 Å². The highest BCUT2D eigenvalue weighted by atomic mass is 79.9. The van der Waals surface area contributed by atoms with Gasteiger partial charge in [0.15, 0.2) is 5.71 Å². The third-order valence-corrected chi connectivity index (χ3v) is 6.41. The monoisotopic (exact) mass is 407 g/mol. The van der Waals surface area contributed by atoms with Crippen LogP contribution < -0.4 is 5.73 Å². The molecule has 0 amide bonds. The van der Waals surface area contributed by atoms with E-state index in [9.17, 15) is 9.90 Å². The van der Waals surface area contributed by atoms with Crippen LogP contribution >= 0.6 is 38.6 Å². The number of aliphatic imine (C=N–C) groups is 1. The number of nitrogen functional groups attached to an aromatic ring is 1. The number of carboxylic acids is 1. The molecule has 3 heterocycles. The minimum absolute atomic E-state index is 0.108. The largest absolute Gasteiger partial charge is 0.476 e. The first kappa shape index (κ1) is 14.8. The van der Waals surface area contributed by atoms with Crippen LogP contribution in [0, 0.1) is 0 Å². The number of aromatic nitrogens is 1. The molecule has 0 atom stereocenters. The van der Waals surface area contributed by atoms with Gasteiger partial charge in [0.1, 0.15) is 5.01 Å². The fourth-order valence-corrected chi connectivity index (χ4v) is 5.53. The molecule has 0 radical (unpaired) electrons. The number of nitrogens with two attached hydrogens (primary N) is 1. The van der Waals surface area contributed by atoms with E-state index in [1.165, 1.54) is 11.3 Å². The van der Waals surface area contributed by atoms with Crippen molar-refractivity contribution in [1.29, 1.82) is 0 Å². The quantitative estimate of drug-likeness (QED) is 0.675. The maximum Gasteiger partial charge on any atom is 0.355 e. The topological polar surface area (TPSA) is 88.6 Å². The van der Waals surface area contributed by atoms with E-state index in [0.29, 0.717) is 22.8 Å². The van der Waals surface area contributed by atoms with Crippen LogP contribution in [-0.4, -0.2) is 28.3 Å². The van der Waals surface area contributed by atoms with E-state index in [2.05, 4.69) is 20.9 Å². The summed E-state index contributed by atoms with van der Waals surface area (Å²) in [5, 5.41) is 10.7. The Kier molecular flexibility index (Phi) is 3.47. The van der Waals surface area contributed by atoms with Crippen LogP contribution in [0.5, 0.6) is 0 Å². The highest BCUT2D eigenvalue weighted by Crippen LogP contribution is 2.44. The van der Waals surface area contributed by atoms with Gasteiger partial charge in [-0.05, 0) is 40.0 Å². The fraction of sp³-hybridized carbons (Fsp3) is 0.133. The summed E-state index contributed by atoms with van der Waals surface area (Å²) < 4.78 is 2.00. The number of benzene rings is 1. The van der Waals surface area contributed by atoms with Crippen molar-refractivity contribution in [3.63, 3.8) is 0 Å². The number of nitrogens with zero attached hydrogens (tertiary/aromatic N) is 2. The molecule has 0 spiro atoms. The lowest BCUT2D eigenvalue weighted by molar-refractivity contribution is -0.129. The molecule has 3 N–H and O–H groups in total. The van der Waals surface area contributed by atoms with Crippen molar-refractivity contribution in [3.8, 4) is 10.6 Å². The molecule has 1 aromatic carbocycles. The number of hydrogen-bond donors (Lipinski definition) is 2. The lowest BCUT2D eigenvalue weighted by Crippen LogP contribution is -2.19. The van der Waals surface area contributed by atoms with E-state index in [1.807, 2.05) is 18.2 Å². The second kappa shape index (κ2) is 5.40. The number of carbonyl (C=O) groups is 1. The summed E-state index contributed by atoms with van der Waals surface area (Å²) in [6.07, 6.45) is 0.687. The first-order chi connectivity index (χ1) is 11.1. The van der Waals surface area contributed by atoms with Gasteiger partial charge >= 0.3 is 5.97 Å². The maximum absolute atomic E-state index is 11.4. The zero-order chi connectivity index (χ0) is 16.1. The fourth-order valence-electron chi connectivity index (χ4n) is 2.69. The minimum Gasteiger partial charge on any atom is -0.476 e. The molecule has 0 saturated carbocycles. The molecule has 5 nitrogen and oxygen atoms in total. The van der Waals surface area contributed by atoms with E-state index in [0.717, 1.165) is 30.8 Å². The average Bonchev–Trinajstić information content (AvgIpc) is 3.07. The summed E-state index contributed by atoms with van der Waals surface area (Å²) in [4.78, 5) is 20.9. The standard InChI is InChI=1S/C15H10BrN3O2S2/c16-7-2-1-3-8-10(7)19-14(22-8)9-6-4-5-18-11(15(20)21)12(6)23-13(9)17/h1-3H,4-5,17H2,(H,20,21). The van der Waals surface area contributed by atoms with Gasteiger partial charge in [-0.3, -0.25) is 4.99 Å². The van der Waals surface area contributed by atoms with Crippen LogP contribution in [0.2, 0.25) is 0 Å². The number of hydrogen-bond acceptors (Lipinski definition) is 6. The molecule has 4 rings (SSSR count). The summed E-state index contributed by atoms with van der Waals surface area (Å²) in [5.41, 5.74) is 9.03. The number of rotatable bonds is 2. The molecule has 1 aliphatic heterocycles. The third-order valence-electron chi connectivity index (χ3n) is 3.67. The molecule has 0 fully saturated rings. The maximum atomic E-state index is 11.4. The SMILES string of the molecule is Nc1sc2c(c1-c1nc3c(Br)cccc3s1)CCN=C2C(=O)O. The number of carboxylic acid groups (broad SMARTS) is 1. The van der Waals surface area contributed by atoms with Crippen LogP contribution in [0.1, 0.15) is 10.4 Å².